The van der Waals surface area contributed by atoms with Gasteiger partial charge in [0.2, 0.25) is 5.91 Å². The van der Waals surface area contributed by atoms with Crippen LogP contribution in [0.2, 0.25) is 0 Å². The monoisotopic (exact) mass is 341 g/mol. The van der Waals surface area contributed by atoms with Crippen molar-refractivity contribution in [3.8, 4) is 0 Å². The number of nitrogens with two attached hydrogens (primary N) is 1. The number of rotatable bonds is 4. The molecule has 0 radical (unpaired) electrons. The Bertz CT molecular complexity index is 821. The molecule has 2 aliphatic rings. The zero-order valence-corrected chi connectivity index (χ0v) is 14.2. The van der Waals surface area contributed by atoms with Crippen LogP contribution < -0.4 is 5.73 Å². The zero-order valence-electron chi connectivity index (χ0n) is 14.2. The molecule has 1 aliphatic carbocycles. The van der Waals surface area contributed by atoms with Crippen molar-refractivity contribution in [1.29, 1.82) is 0 Å². The van der Waals surface area contributed by atoms with Gasteiger partial charge < -0.3 is 20.4 Å². The summed E-state index contributed by atoms with van der Waals surface area (Å²) < 4.78 is 5.39. The second-order valence-electron chi connectivity index (χ2n) is 6.97. The average molecular weight is 341 g/mol. The van der Waals surface area contributed by atoms with Crippen molar-refractivity contribution in [2.24, 2.45) is 5.73 Å². The van der Waals surface area contributed by atoms with Gasteiger partial charge in [0.1, 0.15) is 6.54 Å². The van der Waals surface area contributed by atoms with E-state index in [1.54, 1.807) is 4.90 Å². The number of hydrogen-bond donors (Lipinski definition) is 2. The van der Waals surface area contributed by atoms with Crippen LogP contribution in [0, 0.1) is 0 Å². The van der Waals surface area contributed by atoms with Crippen LogP contribution in [0.25, 0.3) is 10.9 Å². The molecule has 2 aromatic rings. The van der Waals surface area contributed by atoms with E-state index in [0.717, 1.165) is 30.2 Å². The summed E-state index contributed by atoms with van der Waals surface area (Å²) in [6, 6.07) is 5.67. The fraction of sp³-hybridized carbons (Fsp3) is 0.474. The second-order valence-corrected chi connectivity index (χ2v) is 6.97. The molecule has 1 atom stereocenters. The average Bonchev–Trinajstić information content (AvgIpc) is 3.26. The molecular weight excluding hydrogens is 318 g/mol. The lowest BCUT2D eigenvalue weighted by Crippen LogP contribution is -2.45. The van der Waals surface area contributed by atoms with Crippen molar-refractivity contribution < 1.29 is 14.3 Å². The predicted octanol–water partition coefficient (Wildman–Crippen LogP) is 1.76. The fourth-order valence-electron chi connectivity index (χ4n) is 4.01. The van der Waals surface area contributed by atoms with Crippen molar-refractivity contribution in [3.63, 3.8) is 0 Å². The molecular formula is C19H23N3O3. The second kappa shape index (κ2) is 6.52. The Morgan fingerprint density at radius 3 is 2.88 bits per heavy atom. The lowest BCUT2D eigenvalue weighted by Gasteiger charge is -2.27. The molecule has 0 unspecified atom stereocenters. The number of H-pyrrole nitrogens is 1. The predicted molar refractivity (Wildman–Crippen MR) is 94.4 cm³/mol. The minimum Gasteiger partial charge on any atom is -0.379 e. The number of primary amides is 1. The van der Waals surface area contributed by atoms with Gasteiger partial charge in [-0.2, -0.15) is 0 Å². The van der Waals surface area contributed by atoms with Gasteiger partial charge in [0, 0.05) is 28.8 Å². The highest BCUT2D eigenvalue weighted by Crippen LogP contribution is 2.30. The molecule has 25 heavy (non-hydrogen) atoms. The van der Waals surface area contributed by atoms with Gasteiger partial charge in [0.05, 0.1) is 12.6 Å². The largest absolute Gasteiger partial charge is 0.379 e. The van der Waals surface area contributed by atoms with Crippen molar-refractivity contribution in [2.75, 3.05) is 19.8 Å². The third-order valence-corrected chi connectivity index (χ3v) is 5.28. The standard InChI is InChI=1S/C19H23N3O3/c20-18(23)10-22(13-7-8-25-11-13)19(24)12-5-6-17-15(9-12)14-3-1-2-4-16(14)21-17/h5-6,9,13,21H,1-4,7-8,10-11H2,(H2,20,23)/t13-/m0/s1. The molecule has 1 aromatic heterocycles. The van der Waals surface area contributed by atoms with Crippen LogP contribution in [-0.4, -0.2) is 47.5 Å². The molecule has 1 saturated heterocycles. The number of nitrogens with one attached hydrogen (secondary N) is 1. The summed E-state index contributed by atoms with van der Waals surface area (Å²) in [4.78, 5) is 29.5. The third kappa shape index (κ3) is 3.02. The highest BCUT2D eigenvalue weighted by atomic mass is 16.5. The summed E-state index contributed by atoms with van der Waals surface area (Å²) in [5.41, 5.74) is 9.68. The number of fused-ring (bicyclic) bond motifs is 3. The molecule has 1 fully saturated rings. The maximum Gasteiger partial charge on any atom is 0.254 e. The van der Waals surface area contributed by atoms with Gasteiger partial charge in [-0.3, -0.25) is 9.59 Å². The SMILES string of the molecule is NC(=O)CN(C(=O)c1ccc2[nH]c3c(c2c1)CCCC3)[C@H]1CCOC1. The van der Waals surface area contributed by atoms with Gasteiger partial charge in [-0.1, -0.05) is 0 Å². The first-order valence-electron chi connectivity index (χ1n) is 8.94. The molecule has 0 bridgehead atoms. The van der Waals surface area contributed by atoms with Gasteiger partial charge in [0.25, 0.3) is 5.91 Å². The first kappa shape index (κ1) is 16.1. The first-order chi connectivity index (χ1) is 12.1. The molecule has 6 heteroatoms. The summed E-state index contributed by atoms with van der Waals surface area (Å²) in [7, 11) is 0. The van der Waals surface area contributed by atoms with Gasteiger partial charge in [-0.15, -0.1) is 0 Å². The number of nitrogens with zero attached hydrogens (tertiary/aromatic N) is 1. The maximum atomic E-state index is 13.1. The van der Waals surface area contributed by atoms with E-state index in [4.69, 9.17) is 10.5 Å². The van der Waals surface area contributed by atoms with Crippen molar-refractivity contribution in [2.45, 2.75) is 38.1 Å². The van der Waals surface area contributed by atoms with Gasteiger partial charge in [-0.05, 0) is 55.9 Å². The Morgan fingerprint density at radius 1 is 1.28 bits per heavy atom. The molecule has 3 N–H and O–H groups in total. The number of aromatic amines is 1. The van der Waals surface area contributed by atoms with Crippen LogP contribution in [0.3, 0.4) is 0 Å². The Balaban J connectivity index is 1.68. The Kier molecular flexibility index (Phi) is 4.21. The van der Waals surface area contributed by atoms with Crippen LogP contribution in [0.4, 0.5) is 0 Å². The first-order valence-corrected chi connectivity index (χ1v) is 8.94. The number of ether oxygens (including phenoxy) is 1. The van der Waals surface area contributed by atoms with Crippen molar-refractivity contribution in [3.05, 3.63) is 35.0 Å². The van der Waals surface area contributed by atoms with Crippen molar-refractivity contribution in [1.82, 2.24) is 9.88 Å². The van der Waals surface area contributed by atoms with Gasteiger partial charge >= 0.3 is 0 Å². The van der Waals surface area contributed by atoms with Crippen molar-refractivity contribution >= 4 is 22.7 Å². The number of aromatic nitrogens is 1. The lowest BCUT2D eigenvalue weighted by atomic mass is 9.95. The number of carbonyl (C=O) groups is 2. The Morgan fingerprint density at radius 2 is 2.12 bits per heavy atom. The van der Waals surface area contributed by atoms with E-state index in [1.165, 1.54) is 24.1 Å². The molecule has 4 rings (SSSR count). The molecule has 0 saturated carbocycles. The smallest absolute Gasteiger partial charge is 0.254 e. The number of benzene rings is 1. The molecule has 1 aromatic carbocycles. The van der Waals surface area contributed by atoms with Crippen LogP contribution in [0.1, 0.15) is 40.9 Å². The lowest BCUT2D eigenvalue weighted by molar-refractivity contribution is -0.119. The van der Waals surface area contributed by atoms with E-state index in [-0.39, 0.29) is 18.5 Å². The van der Waals surface area contributed by atoms with E-state index >= 15 is 0 Å². The molecule has 2 amide bonds. The summed E-state index contributed by atoms with van der Waals surface area (Å²) in [6.45, 7) is 0.995. The zero-order chi connectivity index (χ0) is 17.4. The molecule has 2 heterocycles. The minimum atomic E-state index is -0.500. The molecule has 132 valence electrons. The van der Waals surface area contributed by atoms with E-state index in [9.17, 15) is 9.59 Å². The highest BCUT2D eigenvalue weighted by Gasteiger charge is 2.29. The number of amides is 2. The molecule has 1 aliphatic heterocycles. The summed E-state index contributed by atoms with van der Waals surface area (Å²) in [6.07, 6.45) is 5.25. The van der Waals surface area contributed by atoms with Gasteiger partial charge in [0.15, 0.2) is 0 Å². The maximum absolute atomic E-state index is 13.1. The van der Waals surface area contributed by atoms with E-state index in [0.29, 0.717) is 18.8 Å². The Labute approximate surface area is 146 Å². The van der Waals surface area contributed by atoms with E-state index in [1.807, 2.05) is 18.2 Å². The van der Waals surface area contributed by atoms with E-state index in [2.05, 4.69) is 4.98 Å². The summed E-state index contributed by atoms with van der Waals surface area (Å²) in [5.74, 6) is -0.651. The van der Waals surface area contributed by atoms with E-state index < -0.39 is 5.91 Å². The molecule has 6 nitrogen and oxygen atoms in total. The van der Waals surface area contributed by atoms with Crippen LogP contribution in [-0.2, 0) is 22.4 Å². The van der Waals surface area contributed by atoms with Crippen LogP contribution >= 0.6 is 0 Å². The van der Waals surface area contributed by atoms with Gasteiger partial charge in [-0.25, -0.2) is 0 Å². The topological polar surface area (TPSA) is 88.4 Å². The number of hydrogen-bond acceptors (Lipinski definition) is 3. The summed E-state index contributed by atoms with van der Waals surface area (Å²) >= 11 is 0. The van der Waals surface area contributed by atoms with Crippen LogP contribution in [0.15, 0.2) is 18.2 Å². The highest BCUT2D eigenvalue weighted by molar-refractivity contribution is 6.00. The normalized spacial score (nSPS) is 19.8. The minimum absolute atomic E-state index is 0.0733. The summed E-state index contributed by atoms with van der Waals surface area (Å²) in [5, 5.41) is 1.13. The fourth-order valence-corrected chi connectivity index (χ4v) is 4.01. The Hall–Kier alpha value is -2.34. The third-order valence-electron chi connectivity index (χ3n) is 5.28. The quantitative estimate of drug-likeness (QED) is 0.888. The number of carbonyl (C=O) groups excluding carboxylic acids is 2. The molecule has 0 spiro atoms. The number of aryl methyl sites for hydroxylation is 2. The van der Waals surface area contributed by atoms with Crippen LogP contribution in [0.5, 0.6) is 0 Å².